The number of carbonyl (C=O) groups is 3. The van der Waals surface area contributed by atoms with Crippen molar-refractivity contribution in [3.8, 4) is 0 Å². The first-order valence-corrected chi connectivity index (χ1v) is 7.64. The number of likely N-dealkylation sites (tertiary alicyclic amines) is 1. The number of nitrogens with zero attached hydrogens (tertiary/aromatic N) is 2. The zero-order valence-electron chi connectivity index (χ0n) is 12.0. The zero-order valence-corrected chi connectivity index (χ0v) is 12.0. The van der Waals surface area contributed by atoms with Crippen molar-refractivity contribution in [2.24, 2.45) is 5.92 Å². The number of hydrogen-bond acceptors (Lipinski definition) is 3. The molecular formula is C14H21N3O4. The molecule has 3 amide bonds. The van der Waals surface area contributed by atoms with Gasteiger partial charge in [-0.25, -0.2) is 9.59 Å². The van der Waals surface area contributed by atoms with Gasteiger partial charge in [-0.15, -0.1) is 0 Å². The van der Waals surface area contributed by atoms with Gasteiger partial charge in [0, 0.05) is 19.1 Å². The fraction of sp³-hybridized carbons (Fsp3) is 0.786. The van der Waals surface area contributed by atoms with Gasteiger partial charge in [0.25, 0.3) is 0 Å². The molecule has 3 aliphatic rings. The predicted octanol–water partition coefficient (Wildman–Crippen LogP) is 0.256. The van der Waals surface area contributed by atoms with Crippen LogP contribution in [0.25, 0.3) is 0 Å². The van der Waals surface area contributed by atoms with Crippen LogP contribution in [0, 0.1) is 5.92 Å². The number of carboxylic acids is 1. The molecule has 21 heavy (non-hydrogen) atoms. The van der Waals surface area contributed by atoms with Crippen molar-refractivity contribution in [3.05, 3.63) is 0 Å². The van der Waals surface area contributed by atoms with E-state index in [1.54, 1.807) is 4.90 Å². The number of hydrogen-bond donors (Lipinski definition) is 2. The van der Waals surface area contributed by atoms with E-state index in [2.05, 4.69) is 5.32 Å². The third-order valence-electron chi connectivity index (χ3n) is 4.97. The summed E-state index contributed by atoms with van der Waals surface area (Å²) < 4.78 is 0. The fourth-order valence-corrected chi connectivity index (χ4v) is 3.87. The van der Waals surface area contributed by atoms with E-state index in [4.69, 9.17) is 0 Å². The quantitative estimate of drug-likeness (QED) is 0.726. The summed E-state index contributed by atoms with van der Waals surface area (Å²) >= 11 is 0. The third kappa shape index (κ3) is 2.56. The number of rotatable bonds is 1. The van der Waals surface area contributed by atoms with Crippen LogP contribution in [0.15, 0.2) is 0 Å². The molecule has 116 valence electrons. The maximum absolute atomic E-state index is 12.7. The van der Waals surface area contributed by atoms with Crippen LogP contribution < -0.4 is 5.32 Å². The molecule has 3 atom stereocenters. The van der Waals surface area contributed by atoms with Crippen molar-refractivity contribution in [3.63, 3.8) is 0 Å². The first kappa shape index (κ1) is 14.2. The summed E-state index contributed by atoms with van der Waals surface area (Å²) in [5.41, 5.74) is 0. The molecule has 3 unspecified atom stereocenters. The van der Waals surface area contributed by atoms with Gasteiger partial charge in [-0.1, -0.05) is 12.8 Å². The summed E-state index contributed by atoms with van der Waals surface area (Å²) in [6.45, 7) is 0.504. The summed E-state index contributed by atoms with van der Waals surface area (Å²) in [5.74, 6) is -0.812. The summed E-state index contributed by atoms with van der Waals surface area (Å²) in [5, 5.41) is 11.8. The lowest BCUT2D eigenvalue weighted by molar-refractivity contribution is -0.144. The minimum atomic E-state index is -1.07. The van der Waals surface area contributed by atoms with Crippen LogP contribution in [0.4, 0.5) is 4.79 Å². The number of amides is 3. The molecule has 2 saturated heterocycles. The summed E-state index contributed by atoms with van der Waals surface area (Å²) in [7, 11) is 0. The molecule has 0 aromatic heterocycles. The number of carbonyl (C=O) groups excluding carboxylic acids is 2. The summed E-state index contributed by atoms with van der Waals surface area (Å²) in [6.07, 6.45) is 5.47. The zero-order chi connectivity index (χ0) is 15.0. The second-order valence-electron chi connectivity index (χ2n) is 6.16. The molecule has 0 bridgehead atoms. The van der Waals surface area contributed by atoms with Gasteiger partial charge in [0.1, 0.15) is 12.6 Å². The number of urea groups is 1. The molecule has 7 nitrogen and oxygen atoms in total. The van der Waals surface area contributed by atoms with Crippen LogP contribution in [0.2, 0.25) is 0 Å². The monoisotopic (exact) mass is 295 g/mol. The second kappa shape index (κ2) is 5.54. The van der Waals surface area contributed by atoms with Crippen molar-refractivity contribution in [2.75, 3.05) is 19.6 Å². The van der Waals surface area contributed by atoms with E-state index < -0.39 is 12.0 Å². The molecule has 3 fully saturated rings. The minimum absolute atomic E-state index is 0.0121. The second-order valence-corrected chi connectivity index (χ2v) is 6.16. The van der Waals surface area contributed by atoms with E-state index >= 15 is 0 Å². The maximum atomic E-state index is 12.7. The fourth-order valence-electron chi connectivity index (χ4n) is 3.87. The summed E-state index contributed by atoms with van der Waals surface area (Å²) in [6, 6.07) is -1.02. The molecule has 2 aliphatic heterocycles. The maximum Gasteiger partial charge on any atom is 0.328 e. The van der Waals surface area contributed by atoms with E-state index in [9.17, 15) is 19.5 Å². The van der Waals surface area contributed by atoms with Gasteiger partial charge in [0.2, 0.25) is 5.91 Å². The van der Waals surface area contributed by atoms with E-state index in [1.165, 1.54) is 11.3 Å². The minimum Gasteiger partial charge on any atom is -0.480 e. The lowest BCUT2D eigenvalue weighted by atomic mass is 9.85. The number of carboxylic acid groups (broad SMARTS) is 1. The lowest BCUT2D eigenvalue weighted by Gasteiger charge is -2.39. The molecule has 2 N–H and O–H groups in total. The van der Waals surface area contributed by atoms with E-state index in [0.717, 1.165) is 25.7 Å². The third-order valence-corrected chi connectivity index (χ3v) is 4.97. The largest absolute Gasteiger partial charge is 0.480 e. The average molecular weight is 295 g/mol. The first-order valence-electron chi connectivity index (χ1n) is 7.64. The smallest absolute Gasteiger partial charge is 0.328 e. The lowest BCUT2D eigenvalue weighted by Crippen LogP contribution is -2.62. The molecule has 2 heterocycles. The van der Waals surface area contributed by atoms with Gasteiger partial charge in [-0.3, -0.25) is 9.69 Å². The van der Waals surface area contributed by atoms with Crippen LogP contribution in [0.5, 0.6) is 0 Å². The Hall–Kier alpha value is -1.79. The Labute approximate surface area is 123 Å². The van der Waals surface area contributed by atoms with Crippen molar-refractivity contribution in [1.82, 2.24) is 15.1 Å². The number of aliphatic carboxylic acids is 1. The Balaban J connectivity index is 1.76. The van der Waals surface area contributed by atoms with Crippen LogP contribution in [-0.4, -0.2) is 64.5 Å². The normalized spacial score (nSPS) is 32.6. The number of nitrogens with one attached hydrogen (secondary N) is 1. The number of piperazine rings is 1. The molecular weight excluding hydrogens is 274 g/mol. The van der Waals surface area contributed by atoms with Crippen LogP contribution in [0.3, 0.4) is 0 Å². The van der Waals surface area contributed by atoms with Crippen LogP contribution >= 0.6 is 0 Å². The van der Waals surface area contributed by atoms with Gasteiger partial charge >= 0.3 is 12.0 Å². The predicted molar refractivity (Wildman–Crippen MR) is 73.6 cm³/mol. The molecule has 0 radical (unpaired) electrons. The van der Waals surface area contributed by atoms with Gasteiger partial charge in [-0.05, 0) is 25.2 Å². The van der Waals surface area contributed by atoms with E-state index in [-0.39, 0.29) is 31.1 Å². The first-order chi connectivity index (χ1) is 10.1. The Morgan fingerprint density at radius 3 is 2.67 bits per heavy atom. The highest BCUT2D eigenvalue weighted by atomic mass is 16.4. The SMILES string of the molecule is O=C1CN(C(=O)N2CCC3CCCCC32)C(C(=O)O)CN1. The van der Waals surface area contributed by atoms with Gasteiger partial charge < -0.3 is 15.3 Å². The standard InChI is InChI=1S/C14H21N3O4/c18-12-8-17(11(7-15-12)13(19)20)14(21)16-6-5-9-3-1-2-4-10(9)16/h9-11H,1-8H2,(H,15,18)(H,19,20). The average Bonchev–Trinajstić information content (AvgIpc) is 2.90. The van der Waals surface area contributed by atoms with E-state index in [1.807, 2.05) is 0 Å². The topological polar surface area (TPSA) is 90.0 Å². The molecule has 1 saturated carbocycles. The van der Waals surface area contributed by atoms with Crippen LogP contribution in [0.1, 0.15) is 32.1 Å². The van der Waals surface area contributed by atoms with Crippen molar-refractivity contribution < 1.29 is 19.5 Å². The molecule has 1 aliphatic carbocycles. The van der Waals surface area contributed by atoms with Crippen molar-refractivity contribution in [1.29, 1.82) is 0 Å². The highest BCUT2D eigenvalue weighted by Gasteiger charge is 2.43. The van der Waals surface area contributed by atoms with E-state index in [0.29, 0.717) is 12.5 Å². The molecule has 3 rings (SSSR count). The number of fused-ring (bicyclic) bond motifs is 1. The highest BCUT2D eigenvalue weighted by molar-refractivity contribution is 5.90. The Morgan fingerprint density at radius 1 is 1.14 bits per heavy atom. The molecule has 0 aromatic rings. The highest BCUT2D eigenvalue weighted by Crippen LogP contribution is 2.36. The summed E-state index contributed by atoms with van der Waals surface area (Å²) in [4.78, 5) is 38.6. The molecule has 7 heteroatoms. The Kier molecular flexibility index (Phi) is 3.73. The van der Waals surface area contributed by atoms with Crippen molar-refractivity contribution >= 4 is 17.9 Å². The Morgan fingerprint density at radius 2 is 1.90 bits per heavy atom. The van der Waals surface area contributed by atoms with Gasteiger partial charge in [0.15, 0.2) is 0 Å². The van der Waals surface area contributed by atoms with Gasteiger partial charge in [-0.2, -0.15) is 0 Å². The Bertz CT molecular complexity index is 467. The van der Waals surface area contributed by atoms with Crippen molar-refractivity contribution in [2.45, 2.75) is 44.2 Å². The van der Waals surface area contributed by atoms with Crippen LogP contribution in [-0.2, 0) is 9.59 Å². The molecule has 0 spiro atoms. The van der Waals surface area contributed by atoms with Gasteiger partial charge in [0.05, 0.1) is 0 Å². The molecule has 0 aromatic carbocycles.